The largest absolute Gasteiger partial charge is 0.330 e. The number of nitrogens with zero attached hydrogens (tertiary/aromatic N) is 1. The lowest BCUT2D eigenvalue weighted by molar-refractivity contribution is 0.586. The predicted molar refractivity (Wildman–Crippen MR) is 75.0 cm³/mol. The van der Waals surface area contributed by atoms with E-state index < -0.39 is 0 Å². The maximum absolute atomic E-state index is 5.61. The van der Waals surface area contributed by atoms with E-state index in [0.717, 1.165) is 28.1 Å². The number of aromatic nitrogens is 1. The van der Waals surface area contributed by atoms with Crippen molar-refractivity contribution in [2.45, 2.75) is 13.3 Å². The molecule has 0 spiro atoms. The molecule has 0 radical (unpaired) electrons. The fourth-order valence-corrected chi connectivity index (χ4v) is 3.72. The zero-order valence-corrected chi connectivity index (χ0v) is 12.2. The number of nitrogens with two attached hydrogens (primary N) is 1. The molecule has 0 amide bonds. The van der Waals surface area contributed by atoms with E-state index in [-0.39, 0.29) is 0 Å². The molecule has 0 fully saturated rings. The summed E-state index contributed by atoms with van der Waals surface area (Å²) in [7, 11) is 0. The second kappa shape index (κ2) is 5.40. The minimum absolute atomic E-state index is 0.505. The predicted octanol–water partition coefficient (Wildman–Crippen LogP) is 3.77. The van der Waals surface area contributed by atoms with Gasteiger partial charge in [0, 0.05) is 15.2 Å². The van der Waals surface area contributed by atoms with Crippen molar-refractivity contribution >= 4 is 38.6 Å². The highest BCUT2D eigenvalue weighted by atomic mass is 79.9. The molecule has 2 aromatic rings. The van der Waals surface area contributed by atoms with Gasteiger partial charge in [-0.3, -0.25) is 0 Å². The van der Waals surface area contributed by atoms with Crippen LogP contribution in [-0.4, -0.2) is 11.5 Å². The Morgan fingerprint density at radius 1 is 1.44 bits per heavy atom. The van der Waals surface area contributed by atoms with Crippen LogP contribution in [0.4, 0.5) is 0 Å². The third kappa shape index (κ3) is 2.91. The zero-order valence-electron chi connectivity index (χ0n) is 8.94. The highest BCUT2D eigenvalue weighted by molar-refractivity contribution is 9.10. The molecular formula is C11H13BrN2S2. The lowest BCUT2D eigenvalue weighted by atomic mass is 10.1. The molecule has 2 N–H and O–H groups in total. The fourth-order valence-electron chi connectivity index (χ4n) is 1.38. The molecule has 86 valence electrons. The van der Waals surface area contributed by atoms with Gasteiger partial charge in [0.05, 0.1) is 10.6 Å². The Kier molecular flexibility index (Phi) is 4.13. The fraction of sp³-hybridized carbons (Fsp3) is 0.364. The van der Waals surface area contributed by atoms with Crippen LogP contribution >= 0.6 is 38.6 Å². The molecule has 0 saturated heterocycles. The molecule has 16 heavy (non-hydrogen) atoms. The van der Waals surface area contributed by atoms with Gasteiger partial charge in [0.2, 0.25) is 0 Å². The molecule has 2 nitrogen and oxygen atoms in total. The molecule has 2 heterocycles. The number of thiazole rings is 1. The number of rotatable bonds is 4. The van der Waals surface area contributed by atoms with Crippen LogP contribution < -0.4 is 5.73 Å². The summed E-state index contributed by atoms with van der Waals surface area (Å²) in [5.41, 5.74) is 6.77. The lowest BCUT2D eigenvalue weighted by Gasteiger charge is -2.03. The lowest BCUT2D eigenvalue weighted by Crippen LogP contribution is -2.13. The third-order valence-corrected chi connectivity index (χ3v) is 5.04. The normalized spacial score (nSPS) is 12.9. The van der Waals surface area contributed by atoms with Crippen LogP contribution in [0.3, 0.4) is 0 Å². The van der Waals surface area contributed by atoms with E-state index in [2.05, 4.69) is 44.7 Å². The summed E-state index contributed by atoms with van der Waals surface area (Å²) in [5, 5.41) is 5.32. The number of halogens is 1. The quantitative estimate of drug-likeness (QED) is 0.932. The highest BCUT2D eigenvalue weighted by Crippen LogP contribution is 2.32. The maximum atomic E-state index is 5.61. The van der Waals surface area contributed by atoms with Crippen molar-refractivity contribution in [2.24, 2.45) is 11.7 Å². The molecule has 1 atom stereocenters. The van der Waals surface area contributed by atoms with E-state index in [1.165, 1.54) is 4.88 Å². The molecule has 2 rings (SSSR count). The Bertz CT molecular complexity index is 464. The van der Waals surface area contributed by atoms with E-state index in [0.29, 0.717) is 5.92 Å². The number of hydrogen-bond acceptors (Lipinski definition) is 4. The zero-order chi connectivity index (χ0) is 11.5. The molecule has 0 bridgehead atoms. The second-order valence-corrected chi connectivity index (χ2v) is 6.50. The average molecular weight is 317 g/mol. The van der Waals surface area contributed by atoms with E-state index in [1.807, 2.05) is 0 Å². The first-order chi connectivity index (χ1) is 7.69. The van der Waals surface area contributed by atoms with Crippen molar-refractivity contribution in [2.75, 3.05) is 6.54 Å². The highest BCUT2D eigenvalue weighted by Gasteiger charge is 2.09. The summed E-state index contributed by atoms with van der Waals surface area (Å²) < 4.78 is 1.12. The average Bonchev–Trinajstić information content (AvgIpc) is 2.87. The molecule has 0 aliphatic carbocycles. The van der Waals surface area contributed by atoms with Gasteiger partial charge in [-0.2, -0.15) is 0 Å². The first kappa shape index (κ1) is 12.2. The van der Waals surface area contributed by atoms with Crippen molar-refractivity contribution in [3.8, 4) is 9.88 Å². The van der Waals surface area contributed by atoms with Gasteiger partial charge in [-0.25, -0.2) is 4.98 Å². The summed E-state index contributed by atoms with van der Waals surface area (Å²) in [4.78, 5) is 5.86. The third-order valence-electron chi connectivity index (χ3n) is 2.29. The number of hydrogen-bond donors (Lipinski definition) is 1. The first-order valence-electron chi connectivity index (χ1n) is 5.08. The topological polar surface area (TPSA) is 38.9 Å². The molecule has 0 aliphatic rings. The molecule has 1 unspecified atom stereocenters. The summed E-state index contributed by atoms with van der Waals surface area (Å²) in [6.07, 6.45) is 0.972. The van der Waals surface area contributed by atoms with E-state index in [4.69, 9.17) is 5.73 Å². The van der Waals surface area contributed by atoms with Gasteiger partial charge in [-0.05, 0) is 40.9 Å². The van der Waals surface area contributed by atoms with Crippen LogP contribution in [0.2, 0.25) is 0 Å². The Hall–Kier alpha value is -0.230. The summed E-state index contributed by atoms with van der Waals surface area (Å²) >= 11 is 6.88. The van der Waals surface area contributed by atoms with E-state index in [9.17, 15) is 0 Å². The van der Waals surface area contributed by atoms with Crippen molar-refractivity contribution in [3.63, 3.8) is 0 Å². The van der Waals surface area contributed by atoms with Gasteiger partial charge in [-0.1, -0.05) is 6.92 Å². The molecule has 2 aromatic heterocycles. The van der Waals surface area contributed by atoms with Crippen molar-refractivity contribution in [1.29, 1.82) is 0 Å². The van der Waals surface area contributed by atoms with Gasteiger partial charge in [0.1, 0.15) is 5.01 Å². The first-order valence-corrected chi connectivity index (χ1v) is 7.63. The molecule has 0 aliphatic heterocycles. The standard InChI is InChI=1S/C11H13BrN2S2/c1-7(4-13)2-9-6-16-11(14-9)10-3-8(12)5-15-10/h3,5-7H,2,4,13H2,1H3. The SMILES string of the molecule is CC(CN)Cc1csc(-c2cc(Br)cs2)n1. The van der Waals surface area contributed by atoms with Crippen molar-refractivity contribution in [3.05, 3.63) is 27.0 Å². The maximum Gasteiger partial charge on any atom is 0.133 e. The van der Waals surface area contributed by atoms with Crippen LogP contribution in [0.15, 0.2) is 21.3 Å². The Morgan fingerprint density at radius 2 is 2.25 bits per heavy atom. The van der Waals surface area contributed by atoms with Gasteiger partial charge < -0.3 is 5.73 Å². The van der Waals surface area contributed by atoms with Crippen LogP contribution in [0.5, 0.6) is 0 Å². The minimum Gasteiger partial charge on any atom is -0.330 e. The van der Waals surface area contributed by atoms with Crippen LogP contribution in [0.1, 0.15) is 12.6 Å². The Balaban J connectivity index is 2.13. The Morgan fingerprint density at radius 3 is 2.88 bits per heavy atom. The molecule has 5 heteroatoms. The minimum atomic E-state index is 0.505. The van der Waals surface area contributed by atoms with Crippen LogP contribution in [0, 0.1) is 5.92 Å². The Labute approximate surface area is 112 Å². The smallest absolute Gasteiger partial charge is 0.133 e. The summed E-state index contributed by atoms with van der Waals surface area (Å²) in [6, 6.07) is 2.11. The van der Waals surface area contributed by atoms with E-state index >= 15 is 0 Å². The molecular weight excluding hydrogens is 304 g/mol. The van der Waals surface area contributed by atoms with E-state index in [1.54, 1.807) is 22.7 Å². The van der Waals surface area contributed by atoms with Gasteiger partial charge in [-0.15, -0.1) is 22.7 Å². The van der Waals surface area contributed by atoms with Crippen LogP contribution in [0.25, 0.3) is 9.88 Å². The van der Waals surface area contributed by atoms with Gasteiger partial charge in [0.25, 0.3) is 0 Å². The van der Waals surface area contributed by atoms with Gasteiger partial charge in [0.15, 0.2) is 0 Å². The molecule has 0 saturated carbocycles. The van der Waals surface area contributed by atoms with Crippen LogP contribution in [-0.2, 0) is 6.42 Å². The monoisotopic (exact) mass is 316 g/mol. The summed E-state index contributed by atoms with van der Waals surface area (Å²) in [6.45, 7) is 2.87. The second-order valence-electron chi connectivity index (χ2n) is 3.82. The van der Waals surface area contributed by atoms with Crippen molar-refractivity contribution in [1.82, 2.24) is 4.98 Å². The van der Waals surface area contributed by atoms with Gasteiger partial charge >= 0.3 is 0 Å². The summed E-state index contributed by atoms with van der Waals surface area (Å²) in [5.74, 6) is 0.505. The number of thiophene rings is 1. The molecule has 0 aromatic carbocycles. The van der Waals surface area contributed by atoms with Crippen molar-refractivity contribution < 1.29 is 0 Å².